The van der Waals surface area contributed by atoms with Crippen LogP contribution in [0.4, 0.5) is 0 Å². The number of hydrogen-bond acceptors (Lipinski definition) is 2. The molecule has 0 aromatic carbocycles. The van der Waals surface area contributed by atoms with Gasteiger partial charge in [0, 0.05) is 16.9 Å². The third kappa shape index (κ3) is 2.54. The summed E-state index contributed by atoms with van der Waals surface area (Å²) in [7, 11) is 0. The molecule has 0 aliphatic rings. The van der Waals surface area contributed by atoms with Crippen LogP contribution in [0.1, 0.15) is 30.4 Å². The number of carboxylic acid groups (broad SMARTS) is 1. The number of halogens is 1. The van der Waals surface area contributed by atoms with Gasteiger partial charge >= 0.3 is 5.97 Å². The van der Waals surface area contributed by atoms with Crippen molar-refractivity contribution in [3.8, 4) is 0 Å². The third-order valence-electron chi connectivity index (χ3n) is 2.20. The monoisotopic (exact) mass is 257 g/mol. The van der Waals surface area contributed by atoms with Gasteiger partial charge in [-0.05, 0) is 39.9 Å². The minimum absolute atomic E-state index is 0.00231. The zero-order chi connectivity index (χ0) is 10.7. The first-order chi connectivity index (χ1) is 6.52. The topological polar surface area (TPSA) is 50.2 Å². The lowest BCUT2D eigenvalue weighted by Crippen LogP contribution is -2.05. The van der Waals surface area contributed by atoms with Crippen molar-refractivity contribution < 1.29 is 9.90 Å². The highest BCUT2D eigenvalue weighted by Crippen LogP contribution is 2.26. The van der Waals surface area contributed by atoms with E-state index < -0.39 is 5.97 Å². The van der Waals surface area contributed by atoms with E-state index >= 15 is 0 Å². The Labute approximate surface area is 91.3 Å². The molecule has 1 aromatic rings. The van der Waals surface area contributed by atoms with Crippen LogP contribution >= 0.6 is 15.9 Å². The molecular weight excluding hydrogens is 246 g/mol. The molecular formula is C10H12BrNO2. The molecule has 0 bridgehead atoms. The number of aliphatic carboxylic acids is 1. The van der Waals surface area contributed by atoms with Crippen molar-refractivity contribution in [2.75, 3.05) is 0 Å². The number of carboxylic acids is 1. The second-order valence-corrected chi connectivity index (χ2v) is 4.19. The molecule has 1 N–H and O–H groups in total. The molecule has 0 spiro atoms. The van der Waals surface area contributed by atoms with E-state index in [0.717, 1.165) is 15.6 Å². The molecule has 0 saturated carbocycles. The Hall–Kier alpha value is -0.900. The summed E-state index contributed by atoms with van der Waals surface area (Å²) in [5.41, 5.74) is 2.05. The van der Waals surface area contributed by atoms with Crippen LogP contribution in [-0.4, -0.2) is 16.1 Å². The molecule has 1 aromatic heterocycles. The largest absolute Gasteiger partial charge is 0.481 e. The number of rotatable bonds is 3. The fourth-order valence-electron chi connectivity index (χ4n) is 1.38. The number of pyridine rings is 1. The number of carbonyl (C=O) groups is 1. The first kappa shape index (κ1) is 11.2. The fraction of sp³-hybridized carbons (Fsp3) is 0.400. The lowest BCUT2D eigenvalue weighted by molar-refractivity contribution is -0.137. The van der Waals surface area contributed by atoms with E-state index in [4.69, 9.17) is 5.11 Å². The van der Waals surface area contributed by atoms with E-state index in [1.54, 1.807) is 12.4 Å². The molecule has 0 fully saturated rings. The Kier molecular flexibility index (Phi) is 3.63. The van der Waals surface area contributed by atoms with Crippen molar-refractivity contribution in [2.45, 2.75) is 26.2 Å². The summed E-state index contributed by atoms with van der Waals surface area (Å²) < 4.78 is 0.923. The van der Waals surface area contributed by atoms with Crippen molar-refractivity contribution in [1.29, 1.82) is 0 Å². The number of nitrogens with zero attached hydrogens (tertiary/aromatic N) is 1. The van der Waals surface area contributed by atoms with Crippen LogP contribution in [0.25, 0.3) is 0 Å². The minimum atomic E-state index is -0.781. The second kappa shape index (κ2) is 4.55. The van der Waals surface area contributed by atoms with Crippen molar-refractivity contribution in [1.82, 2.24) is 4.98 Å². The van der Waals surface area contributed by atoms with Gasteiger partial charge < -0.3 is 5.11 Å². The third-order valence-corrected chi connectivity index (χ3v) is 3.00. The molecule has 0 aliphatic carbocycles. The van der Waals surface area contributed by atoms with Crippen molar-refractivity contribution in [3.63, 3.8) is 0 Å². The van der Waals surface area contributed by atoms with Gasteiger partial charge in [-0.1, -0.05) is 6.92 Å². The Balaban J connectivity index is 2.95. The fourth-order valence-corrected chi connectivity index (χ4v) is 1.73. The summed E-state index contributed by atoms with van der Waals surface area (Å²) >= 11 is 3.37. The SMILES string of the molecule is Cc1c(Br)cncc1C(C)CC(=O)O. The summed E-state index contributed by atoms with van der Waals surface area (Å²) in [6, 6.07) is 0. The minimum Gasteiger partial charge on any atom is -0.481 e. The zero-order valence-corrected chi connectivity index (χ0v) is 9.71. The lowest BCUT2D eigenvalue weighted by Gasteiger charge is -2.12. The summed E-state index contributed by atoms with van der Waals surface area (Å²) in [6.45, 7) is 3.85. The molecule has 1 heterocycles. The quantitative estimate of drug-likeness (QED) is 0.906. The van der Waals surface area contributed by atoms with Gasteiger partial charge in [-0.15, -0.1) is 0 Å². The molecule has 14 heavy (non-hydrogen) atoms. The van der Waals surface area contributed by atoms with Gasteiger partial charge in [-0.3, -0.25) is 9.78 Å². The Morgan fingerprint density at radius 2 is 2.29 bits per heavy atom. The average molecular weight is 258 g/mol. The van der Waals surface area contributed by atoms with E-state index in [1.165, 1.54) is 0 Å². The van der Waals surface area contributed by atoms with Gasteiger partial charge in [-0.2, -0.15) is 0 Å². The van der Waals surface area contributed by atoms with Gasteiger partial charge in [0.1, 0.15) is 0 Å². The van der Waals surface area contributed by atoms with Crippen LogP contribution in [0.2, 0.25) is 0 Å². The van der Waals surface area contributed by atoms with Crippen LogP contribution in [0.15, 0.2) is 16.9 Å². The van der Waals surface area contributed by atoms with Crippen molar-refractivity contribution in [3.05, 3.63) is 28.0 Å². The molecule has 76 valence electrons. The van der Waals surface area contributed by atoms with Crippen molar-refractivity contribution in [2.24, 2.45) is 0 Å². The Morgan fingerprint density at radius 3 is 2.86 bits per heavy atom. The predicted octanol–water partition coefficient (Wildman–Crippen LogP) is 2.73. The standard InChI is InChI=1S/C10H12BrNO2/c1-6(3-10(13)14)8-4-12-5-9(11)7(8)2/h4-6H,3H2,1-2H3,(H,13,14). The van der Waals surface area contributed by atoms with Crippen molar-refractivity contribution >= 4 is 21.9 Å². The zero-order valence-electron chi connectivity index (χ0n) is 8.12. The molecule has 1 rings (SSSR count). The molecule has 0 saturated heterocycles. The highest BCUT2D eigenvalue weighted by atomic mass is 79.9. The Bertz CT molecular complexity index is 352. The first-order valence-electron chi connectivity index (χ1n) is 4.34. The average Bonchev–Trinajstić information content (AvgIpc) is 2.08. The highest BCUT2D eigenvalue weighted by Gasteiger charge is 2.13. The molecule has 0 radical (unpaired) electrons. The van der Waals surface area contributed by atoms with E-state index in [1.807, 2.05) is 13.8 Å². The van der Waals surface area contributed by atoms with E-state index in [9.17, 15) is 4.79 Å². The maximum absolute atomic E-state index is 10.5. The van der Waals surface area contributed by atoms with Crippen LogP contribution in [0.3, 0.4) is 0 Å². The number of aromatic nitrogens is 1. The number of hydrogen-bond donors (Lipinski definition) is 1. The highest BCUT2D eigenvalue weighted by molar-refractivity contribution is 9.10. The molecule has 0 aliphatic heterocycles. The van der Waals surface area contributed by atoms with Crippen LogP contribution in [-0.2, 0) is 4.79 Å². The summed E-state index contributed by atoms with van der Waals surface area (Å²) in [4.78, 5) is 14.6. The molecule has 4 heteroatoms. The molecule has 0 amide bonds. The van der Waals surface area contributed by atoms with Gasteiger partial charge in [-0.25, -0.2) is 0 Å². The van der Waals surface area contributed by atoms with E-state index in [0.29, 0.717) is 0 Å². The van der Waals surface area contributed by atoms with Crippen LogP contribution in [0, 0.1) is 6.92 Å². The predicted molar refractivity (Wildman–Crippen MR) is 57.3 cm³/mol. The van der Waals surface area contributed by atoms with Crippen LogP contribution in [0.5, 0.6) is 0 Å². The van der Waals surface area contributed by atoms with E-state index in [-0.39, 0.29) is 12.3 Å². The van der Waals surface area contributed by atoms with Gasteiger partial charge in [0.25, 0.3) is 0 Å². The Morgan fingerprint density at radius 1 is 1.64 bits per heavy atom. The summed E-state index contributed by atoms with van der Waals surface area (Å²) in [5.74, 6) is -0.783. The maximum atomic E-state index is 10.5. The summed E-state index contributed by atoms with van der Waals surface area (Å²) in [5, 5.41) is 8.67. The second-order valence-electron chi connectivity index (χ2n) is 3.33. The smallest absolute Gasteiger partial charge is 0.303 e. The summed E-state index contributed by atoms with van der Waals surface area (Å²) in [6.07, 6.45) is 3.58. The lowest BCUT2D eigenvalue weighted by atomic mass is 9.96. The van der Waals surface area contributed by atoms with Crippen LogP contribution < -0.4 is 0 Å². The van der Waals surface area contributed by atoms with Gasteiger partial charge in [0.15, 0.2) is 0 Å². The molecule has 1 atom stereocenters. The van der Waals surface area contributed by atoms with Gasteiger partial charge in [0.05, 0.1) is 6.42 Å². The normalized spacial score (nSPS) is 12.5. The van der Waals surface area contributed by atoms with Gasteiger partial charge in [0.2, 0.25) is 0 Å². The van der Waals surface area contributed by atoms with E-state index in [2.05, 4.69) is 20.9 Å². The maximum Gasteiger partial charge on any atom is 0.303 e. The first-order valence-corrected chi connectivity index (χ1v) is 5.13. The molecule has 3 nitrogen and oxygen atoms in total. The molecule has 1 unspecified atom stereocenters.